The molecule has 0 fully saturated rings. The summed E-state index contributed by atoms with van der Waals surface area (Å²) >= 11 is 1.26. The van der Waals surface area contributed by atoms with E-state index in [1.807, 2.05) is 36.4 Å². The van der Waals surface area contributed by atoms with E-state index in [1.54, 1.807) is 79.7 Å². The predicted molar refractivity (Wildman–Crippen MR) is 198 cm³/mol. The summed E-state index contributed by atoms with van der Waals surface area (Å²) in [6.45, 7) is 1.79. The number of carbonyl (C=O) groups excluding carboxylic acids is 3. The van der Waals surface area contributed by atoms with Gasteiger partial charge in [-0.05, 0) is 72.7 Å². The molecule has 3 amide bonds. The van der Waals surface area contributed by atoms with Crippen LogP contribution in [0.5, 0.6) is 11.5 Å². The van der Waals surface area contributed by atoms with Gasteiger partial charge in [-0.2, -0.15) is 0 Å². The summed E-state index contributed by atoms with van der Waals surface area (Å²) in [6, 6.07) is 34.4. The topological polar surface area (TPSA) is 143 Å². The number of carboxylic acid groups (broad SMARTS) is 1. The fourth-order valence-corrected chi connectivity index (χ4v) is 6.18. The molecule has 0 spiro atoms. The smallest absolute Gasteiger partial charge is 0.335 e. The average molecular weight is 702 g/mol. The van der Waals surface area contributed by atoms with Crippen LogP contribution in [0.4, 0.5) is 11.4 Å². The zero-order valence-electron chi connectivity index (χ0n) is 28.0. The molecular formula is C40H35N3O7S. The normalized spacial score (nSPS) is 11.5. The number of para-hydroxylation sites is 1. The number of thioether (sulfide) groups is 1. The van der Waals surface area contributed by atoms with Crippen molar-refractivity contribution >= 4 is 52.9 Å². The van der Waals surface area contributed by atoms with Gasteiger partial charge in [-0.3, -0.25) is 14.4 Å². The zero-order chi connectivity index (χ0) is 36.3. The van der Waals surface area contributed by atoms with E-state index in [9.17, 15) is 24.3 Å². The van der Waals surface area contributed by atoms with Crippen molar-refractivity contribution in [3.63, 3.8) is 0 Å². The Bertz CT molecular complexity index is 2090. The number of aryl methyl sites for hydroxylation is 1. The Morgan fingerprint density at radius 3 is 2.14 bits per heavy atom. The third kappa shape index (κ3) is 9.22. The molecule has 0 aromatic heterocycles. The van der Waals surface area contributed by atoms with Gasteiger partial charge < -0.3 is 30.5 Å². The lowest BCUT2D eigenvalue weighted by Gasteiger charge is -2.19. The lowest BCUT2D eigenvalue weighted by Crippen LogP contribution is -2.30. The first-order valence-corrected chi connectivity index (χ1v) is 16.6. The first-order valence-electron chi connectivity index (χ1n) is 15.7. The molecule has 10 nitrogen and oxygen atoms in total. The number of nitrogens with one attached hydrogen (secondary N) is 3. The SMILES string of the molecule is COc1cccc(/C=C(/NC(=O)c2ccccc2)C(=O)Nc2cccc(SC(C(=O)Nc3cc(C(=O)O)ccc3C)c3ccccc3)c2)c1OC. The molecule has 11 heteroatoms. The molecule has 5 aromatic carbocycles. The van der Waals surface area contributed by atoms with Crippen LogP contribution in [0.25, 0.3) is 6.08 Å². The van der Waals surface area contributed by atoms with E-state index in [1.165, 1.54) is 44.2 Å². The highest BCUT2D eigenvalue weighted by atomic mass is 32.2. The summed E-state index contributed by atoms with van der Waals surface area (Å²) in [5.74, 6) is -1.70. The Morgan fingerprint density at radius 1 is 0.745 bits per heavy atom. The number of anilines is 2. The molecule has 1 unspecified atom stereocenters. The van der Waals surface area contributed by atoms with Crippen molar-refractivity contribution in [2.24, 2.45) is 0 Å². The quantitative estimate of drug-likeness (QED) is 0.0727. The lowest BCUT2D eigenvalue weighted by molar-refractivity contribution is -0.116. The molecule has 51 heavy (non-hydrogen) atoms. The zero-order valence-corrected chi connectivity index (χ0v) is 28.8. The van der Waals surface area contributed by atoms with Gasteiger partial charge in [-0.1, -0.05) is 72.8 Å². The van der Waals surface area contributed by atoms with Crippen molar-refractivity contribution in [1.29, 1.82) is 0 Å². The standard InChI is InChI=1S/C40H35N3O7S/c1-25-20-21-29(40(47)48)23-32(25)42-39(46)36(26-12-6-4-7-13-26)51-31-18-11-17-30(24-31)41-38(45)33(43-37(44)27-14-8-5-9-15-27)22-28-16-10-19-34(49-2)35(28)50-3/h4-24,36H,1-3H3,(H,41,45)(H,42,46)(H,43,44)(H,47,48)/b33-22+. The van der Waals surface area contributed by atoms with Gasteiger partial charge in [0, 0.05) is 27.4 Å². The van der Waals surface area contributed by atoms with Crippen molar-refractivity contribution in [2.75, 3.05) is 24.9 Å². The maximum Gasteiger partial charge on any atom is 0.335 e. The van der Waals surface area contributed by atoms with Crippen molar-refractivity contribution < 1.29 is 33.8 Å². The van der Waals surface area contributed by atoms with Crippen molar-refractivity contribution in [2.45, 2.75) is 17.1 Å². The summed E-state index contributed by atoms with van der Waals surface area (Å²) in [5, 5.41) is 17.2. The van der Waals surface area contributed by atoms with Gasteiger partial charge in [0.25, 0.3) is 11.8 Å². The van der Waals surface area contributed by atoms with Crippen LogP contribution in [-0.4, -0.2) is 43.0 Å². The summed E-state index contributed by atoms with van der Waals surface area (Å²) < 4.78 is 11.0. The van der Waals surface area contributed by atoms with Gasteiger partial charge in [0.15, 0.2) is 11.5 Å². The molecule has 0 radical (unpaired) electrons. The molecule has 0 aliphatic heterocycles. The molecule has 0 aliphatic carbocycles. The van der Waals surface area contributed by atoms with Crippen LogP contribution in [0.3, 0.4) is 0 Å². The Balaban J connectivity index is 1.42. The maximum absolute atomic E-state index is 13.8. The molecule has 0 aliphatic rings. The summed E-state index contributed by atoms with van der Waals surface area (Å²) in [7, 11) is 2.99. The number of hydrogen-bond acceptors (Lipinski definition) is 7. The van der Waals surface area contributed by atoms with Gasteiger partial charge in [-0.25, -0.2) is 4.79 Å². The van der Waals surface area contributed by atoms with E-state index >= 15 is 0 Å². The molecule has 0 saturated carbocycles. The molecule has 1 atom stereocenters. The molecule has 5 rings (SSSR count). The second-order valence-corrected chi connectivity index (χ2v) is 12.4. The van der Waals surface area contributed by atoms with E-state index in [-0.39, 0.29) is 17.2 Å². The van der Waals surface area contributed by atoms with Gasteiger partial charge in [0.05, 0.1) is 19.8 Å². The van der Waals surface area contributed by atoms with Crippen molar-refractivity contribution in [3.05, 3.63) is 155 Å². The Morgan fingerprint density at radius 2 is 1.45 bits per heavy atom. The van der Waals surface area contributed by atoms with Crippen LogP contribution < -0.4 is 25.4 Å². The van der Waals surface area contributed by atoms with Gasteiger partial charge in [-0.15, -0.1) is 11.8 Å². The minimum absolute atomic E-state index is 0.0473. The van der Waals surface area contributed by atoms with E-state index < -0.39 is 23.0 Å². The molecule has 4 N–H and O–H groups in total. The number of benzene rings is 5. The summed E-state index contributed by atoms with van der Waals surface area (Å²) in [5.41, 5.74) is 3.12. The predicted octanol–water partition coefficient (Wildman–Crippen LogP) is 7.59. The van der Waals surface area contributed by atoms with Crippen LogP contribution in [0.15, 0.2) is 132 Å². The summed E-state index contributed by atoms with van der Waals surface area (Å²) in [4.78, 5) is 53.1. The number of ether oxygens (including phenoxy) is 2. The van der Waals surface area contributed by atoms with Gasteiger partial charge >= 0.3 is 5.97 Å². The third-order valence-corrected chi connectivity index (χ3v) is 8.94. The number of carboxylic acids is 1. The molecule has 0 heterocycles. The average Bonchev–Trinajstić information content (AvgIpc) is 3.14. The van der Waals surface area contributed by atoms with E-state index in [0.717, 1.165) is 5.56 Å². The van der Waals surface area contributed by atoms with E-state index in [0.29, 0.717) is 44.5 Å². The molecule has 0 bridgehead atoms. The number of rotatable bonds is 13. The molecule has 5 aromatic rings. The Kier molecular flexibility index (Phi) is 11.9. The number of carbonyl (C=O) groups is 4. The number of aromatic carboxylic acids is 1. The molecule has 0 saturated heterocycles. The third-order valence-electron chi connectivity index (χ3n) is 7.69. The van der Waals surface area contributed by atoms with Crippen molar-refractivity contribution in [3.8, 4) is 11.5 Å². The van der Waals surface area contributed by atoms with E-state index in [4.69, 9.17) is 9.47 Å². The minimum atomic E-state index is -1.10. The molecular weight excluding hydrogens is 667 g/mol. The first-order chi connectivity index (χ1) is 24.7. The fourth-order valence-electron chi connectivity index (χ4n) is 5.09. The number of amides is 3. The Labute approximate surface area is 299 Å². The van der Waals surface area contributed by atoms with Gasteiger partial charge in [0.2, 0.25) is 5.91 Å². The fraction of sp³-hybridized carbons (Fsp3) is 0.100. The lowest BCUT2D eigenvalue weighted by atomic mass is 10.1. The van der Waals surface area contributed by atoms with Crippen LogP contribution in [0.2, 0.25) is 0 Å². The van der Waals surface area contributed by atoms with Crippen molar-refractivity contribution in [1.82, 2.24) is 5.32 Å². The first kappa shape index (κ1) is 36.0. The van der Waals surface area contributed by atoms with Crippen LogP contribution >= 0.6 is 11.8 Å². The Hall–Kier alpha value is -6.33. The number of methoxy groups -OCH3 is 2. The van der Waals surface area contributed by atoms with E-state index in [2.05, 4.69) is 16.0 Å². The largest absolute Gasteiger partial charge is 0.493 e. The molecule has 258 valence electrons. The van der Waals surface area contributed by atoms with Crippen LogP contribution in [0.1, 0.15) is 42.7 Å². The number of hydrogen-bond donors (Lipinski definition) is 4. The van der Waals surface area contributed by atoms with Gasteiger partial charge in [0.1, 0.15) is 10.9 Å². The summed E-state index contributed by atoms with van der Waals surface area (Å²) in [6.07, 6.45) is 1.51. The van der Waals surface area contributed by atoms with Crippen LogP contribution in [0, 0.1) is 6.92 Å². The monoisotopic (exact) mass is 701 g/mol. The second kappa shape index (κ2) is 16.9. The highest BCUT2D eigenvalue weighted by molar-refractivity contribution is 8.00. The minimum Gasteiger partial charge on any atom is -0.493 e. The van der Waals surface area contributed by atoms with Crippen LogP contribution in [-0.2, 0) is 9.59 Å². The second-order valence-electron chi connectivity index (χ2n) is 11.2. The highest BCUT2D eigenvalue weighted by Crippen LogP contribution is 2.38. The maximum atomic E-state index is 13.8. The highest BCUT2D eigenvalue weighted by Gasteiger charge is 2.24.